The molecule has 0 unspecified atom stereocenters. The summed E-state index contributed by atoms with van der Waals surface area (Å²) in [5.74, 6) is -0.0773. The molecule has 0 fully saturated rings. The van der Waals surface area contributed by atoms with Crippen LogP contribution >= 0.6 is 0 Å². The highest BCUT2D eigenvalue weighted by Gasteiger charge is 2.54. The van der Waals surface area contributed by atoms with Crippen molar-refractivity contribution in [1.29, 1.82) is 0 Å². The van der Waals surface area contributed by atoms with Crippen molar-refractivity contribution in [3.8, 4) is 23.0 Å². The molecule has 0 saturated heterocycles. The number of hydrogen-bond acceptors (Lipinski definition) is 6. The molecule has 2 aliphatic rings. The van der Waals surface area contributed by atoms with Crippen LogP contribution in [-0.4, -0.2) is 22.1 Å². The molecule has 3 N–H and O–H groups in total. The van der Waals surface area contributed by atoms with Crippen molar-refractivity contribution in [2.45, 2.75) is 89.6 Å². The molecule has 0 atom stereocenters. The number of phenolic OH excluding ortho intramolecular Hbond substituents is 2. The average molecular weight is 558 g/mol. The Kier molecular flexibility index (Phi) is 8.81. The molecule has 0 bridgehead atoms. The Balaban J connectivity index is 1.27. The Labute approximate surface area is 241 Å². The van der Waals surface area contributed by atoms with Crippen LogP contribution in [0.3, 0.4) is 0 Å². The molecule has 1 amide bonds. The fraction of sp³-hybridized carbons (Fsp3) is 0.412. The summed E-state index contributed by atoms with van der Waals surface area (Å²) >= 11 is 0. The lowest BCUT2D eigenvalue weighted by atomic mass is 9.77. The van der Waals surface area contributed by atoms with Gasteiger partial charge in [0, 0.05) is 35.2 Å². The zero-order valence-corrected chi connectivity index (χ0v) is 23.7. The van der Waals surface area contributed by atoms with Gasteiger partial charge in [0.2, 0.25) is 5.91 Å². The molecule has 5 rings (SSSR count). The molecule has 3 aromatic rings. The van der Waals surface area contributed by atoms with Crippen LogP contribution in [0.25, 0.3) is 0 Å². The highest BCUT2D eigenvalue weighted by molar-refractivity contribution is 6.05. The van der Waals surface area contributed by atoms with E-state index in [4.69, 9.17) is 9.47 Å². The SMILES string of the molecule is CCCCCCCCCCCCCC(=O)Nc1cccc2c1C(=O)OC21c2ccc(O)cc2Oc2cc(O)ccc21. The lowest BCUT2D eigenvalue weighted by Gasteiger charge is -2.36. The third kappa shape index (κ3) is 5.90. The Bertz CT molecular complexity index is 1360. The van der Waals surface area contributed by atoms with Crippen molar-refractivity contribution >= 4 is 17.6 Å². The fourth-order valence-corrected chi connectivity index (χ4v) is 6.01. The van der Waals surface area contributed by atoms with E-state index in [0.29, 0.717) is 45.9 Å². The monoisotopic (exact) mass is 557 g/mol. The summed E-state index contributed by atoms with van der Waals surface area (Å²) in [4.78, 5) is 26.3. The molecule has 7 nitrogen and oxygen atoms in total. The first kappa shape index (κ1) is 28.5. The minimum atomic E-state index is -1.35. The number of anilines is 1. The van der Waals surface area contributed by atoms with Crippen LogP contribution in [0.4, 0.5) is 5.69 Å². The largest absolute Gasteiger partial charge is 0.508 e. The summed E-state index contributed by atoms with van der Waals surface area (Å²) < 4.78 is 12.1. The summed E-state index contributed by atoms with van der Waals surface area (Å²) in [7, 11) is 0. The normalized spacial score (nSPS) is 14.1. The number of amides is 1. The van der Waals surface area contributed by atoms with E-state index in [1.807, 2.05) is 0 Å². The van der Waals surface area contributed by atoms with Gasteiger partial charge in [-0.2, -0.15) is 0 Å². The van der Waals surface area contributed by atoms with Gasteiger partial charge in [-0.15, -0.1) is 0 Å². The Hall–Kier alpha value is -4.00. The van der Waals surface area contributed by atoms with E-state index in [2.05, 4.69) is 12.2 Å². The second-order valence-electron chi connectivity index (χ2n) is 11.1. The van der Waals surface area contributed by atoms with Gasteiger partial charge in [-0.25, -0.2) is 4.79 Å². The molecule has 2 aliphatic heterocycles. The van der Waals surface area contributed by atoms with Crippen LogP contribution in [0.2, 0.25) is 0 Å². The molecule has 41 heavy (non-hydrogen) atoms. The number of rotatable bonds is 13. The number of esters is 1. The number of benzene rings is 3. The van der Waals surface area contributed by atoms with Crippen LogP contribution in [0, 0.1) is 0 Å². The summed E-state index contributed by atoms with van der Waals surface area (Å²) in [5, 5.41) is 23.2. The molecule has 0 saturated carbocycles. The number of hydrogen-bond donors (Lipinski definition) is 3. The Morgan fingerprint density at radius 1 is 0.756 bits per heavy atom. The second-order valence-corrected chi connectivity index (χ2v) is 11.1. The number of ether oxygens (including phenoxy) is 2. The highest BCUT2D eigenvalue weighted by atomic mass is 16.6. The maximum Gasteiger partial charge on any atom is 0.342 e. The maximum atomic E-state index is 13.4. The van der Waals surface area contributed by atoms with Gasteiger partial charge < -0.3 is 25.0 Å². The third-order valence-corrected chi connectivity index (χ3v) is 8.08. The molecule has 0 radical (unpaired) electrons. The summed E-state index contributed by atoms with van der Waals surface area (Å²) in [6.07, 6.45) is 13.7. The average Bonchev–Trinajstić information content (AvgIpc) is 3.24. The second kappa shape index (κ2) is 12.7. The summed E-state index contributed by atoms with van der Waals surface area (Å²) in [6, 6.07) is 14.6. The molecular weight excluding hydrogens is 518 g/mol. The Morgan fingerprint density at radius 2 is 1.32 bits per heavy atom. The first-order valence-corrected chi connectivity index (χ1v) is 15.0. The zero-order valence-electron chi connectivity index (χ0n) is 23.7. The van der Waals surface area contributed by atoms with Crippen molar-refractivity contribution in [2.24, 2.45) is 0 Å². The number of carbonyl (C=O) groups is 2. The maximum absolute atomic E-state index is 13.4. The molecule has 3 aromatic carbocycles. The van der Waals surface area contributed by atoms with Gasteiger partial charge in [0.1, 0.15) is 23.0 Å². The number of aromatic hydroxyl groups is 2. The van der Waals surface area contributed by atoms with E-state index in [9.17, 15) is 19.8 Å². The van der Waals surface area contributed by atoms with Crippen LogP contribution in [0.1, 0.15) is 111 Å². The number of unbranched alkanes of at least 4 members (excludes halogenated alkanes) is 10. The van der Waals surface area contributed by atoms with Gasteiger partial charge in [-0.05, 0) is 36.8 Å². The van der Waals surface area contributed by atoms with Crippen LogP contribution in [0.15, 0.2) is 54.6 Å². The molecule has 1 spiro atoms. The van der Waals surface area contributed by atoms with Gasteiger partial charge in [0.15, 0.2) is 5.60 Å². The summed E-state index contributed by atoms with van der Waals surface area (Å²) in [5.41, 5.74) is 1.00. The molecule has 0 aromatic heterocycles. The first-order valence-electron chi connectivity index (χ1n) is 15.0. The van der Waals surface area contributed by atoms with Crippen molar-refractivity contribution in [1.82, 2.24) is 0 Å². The fourth-order valence-electron chi connectivity index (χ4n) is 6.01. The number of nitrogens with one attached hydrogen (secondary N) is 1. The molecule has 2 heterocycles. The van der Waals surface area contributed by atoms with Gasteiger partial charge in [0.25, 0.3) is 0 Å². The summed E-state index contributed by atoms with van der Waals surface area (Å²) in [6.45, 7) is 2.24. The van der Waals surface area contributed by atoms with E-state index >= 15 is 0 Å². The number of phenols is 2. The predicted octanol–water partition coefficient (Wildman–Crippen LogP) is 8.31. The zero-order chi connectivity index (χ0) is 28.8. The van der Waals surface area contributed by atoms with E-state index in [1.54, 1.807) is 30.3 Å². The minimum Gasteiger partial charge on any atom is -0.508 e. The van der Waals surface area contributed by atoms with Crippen LogP contribution < -0.4 is 10.1 Å². The Morgan fingerprint density at radius 3 is 1.90 bits per heavy atom. The topological polar surface area (TPSA) is 105 Å². The van der Waals surface area contributed by atoms with Crippen molar-refractivity contribution in [2.75, 3.05) is 5.32 Å². The van der Waals surface area contributed by atoms with Crippen LogP contribution in [0.5, 0.6) is 23.0 Å². The van der Waals surface area contributed by atoms with Gasteiger partial charge >= 0.3 is 5.97 Å². The van der Waals surface area contributed by atoms with Crippen LogP contribution in [-0.2, 0) is 15.1 Å². The quantitative estimate of drug-likeness (QED) is 0.144. The molecular formula is C34H39NO6. The van der Waals surface area contributed by atoms with E-state index < -0.39 is 11.6 Å². The molecule has 216 valence electrons. The predicted molar refractivity (Wildman–Crippen MR) is 158 cm³/mol. The van der Waals surface area contributed by atoms with Crippen molar-refractivity contribution in [3.05, 3.63) is 76.9 Å². The first-order chi connectivity index (χ1) is 19.9. The molecule has 7 heteroatoms. The van der Waals surface area contributed by atoms with E-state index in [0.717, 1.165) is 19.3 Å². The van der Waals surface area contributed by atoms with Crippen molar-refractivity contribution in [3.63, 3.8) is 0 Å². The van der Waals surface area contributed by atoms with Gasteiger partial charge in [-0.3, -0.25) is 4.79 Å². The standard InChI is InChI=1S/C34H39NO6/c1-2-3-4-5-6-7-8-9-10-11-12-16-31(38)35-28-15-13-14-27-32(28)33(39)41-34(27)25-19-17-23(36)21-29(25)40-30-22-24(37)18-20-26(30)34/h13-15,17-22,36-37H,2-12,16H2,1H3,(H,35,38). The van der Waals surface area contributed by atoms with Gasteiger partial charge in [-0.1, -0.05) is 83.3 Å². The number of carbonyl (C=O) groups excluding carboxylic acids is 2. The van der Waals surface area contributed by atoms with Gasteiger partial charge in [0.05, 0.1) is 11.3 Å². The lowest BCUT2D eigenvalue weighted by molar-refractivity contribution is -0.116. The third-order valence-electron chi connectivity index (χ3n) is 8.08. The minimum absolute atomic E-state index is 0.00419. The van der Waals surface area contributed by atoms with E-state index in [-0.39, 0.29) is 17.4 Å². The smallest absolute Gasteiger partial charge is 0.342 e. The van der Waals surface area contributed by atoms with E-state index in [1.165, 1.54) is 75.6 Å². The number of fused-ring (bicyclic) bond motifs is 6. The highest BCUT2D eigenvalue weighted by Crippen LogP contribution is 2.57. The van der Waals surface area contributed by atoms with Crippen molar-refractivity contribution < 1.29 is 29.3 Å². The molecule has 0 aliphatic carbocycles. The lowest BCUT2D eigenvalue weighted by Crippen LogP contribution is -2.32.